The van der Waals surface area contributed by atoms with E-state index in [1.54, 1.807) is 0 Å². The number of piperazine rings is 1. The minimum absolute atomic E-state index is 0.0417. The topological polar surface area (TPSA) is 116 Å². The summed E-state index contributed by atoms with van der Waals surface area (Å²) >= 11 is 0. The van der Waals surface area contributed by atoms with Crippen molar-refractivity contribution in [1.29, 1.82) is 0 Å². The third kappa shape index (κ3) is 5.75. The number of nitrogens with zero attached hydrogens (tertiary/aromatic N) is 4. The Bertz CT molecular complexity index is 993. The average Bonchev–Trinajstić information content (AvgIpc) is 3.26. The van der Waals surface area contributed by atoms with Crippen molar-refractivity contribution in [3.8, 4) is 0 Å². The van der Waals surface area contributed by atoms with Gasteiger partial charge in [0.25, 0.3) is 0 Å². The number of nitrogens with two attached hydrogens (primary N) is 1. The van der Waals surface area contributed by atoms with Crippen LogP contribution in [0.3, 0.4) is 0 Å². The van der Waals surface area contributed by atoms with Crippen molar-refractivity contribution in [2.45, 2.75) is 31.7 Å². The molecule has 0 radical (unpaired) electrons. The van der Waals surface area contributed by atoms with Gasteiger partial charge in [-0.15, -0.1) is 0 Å². The van der Waals surface area contributed by atoms with E-state index >= 15 is 0 Å². The molecule has 1 aliphatic carbocycles. The van der Waals surface area contributed by atoms with Crippen molar-refractivity contribution in [1.82, 2.24) is 19.8 Å². The number of rotatable bonds is 7. The van der Waals surface area contributed by atoms with Gasteiger partial charge in [-0.05, 0) is 37.6 Å². The molecule has 1 aromatic heterocycles. The monoisotopic (exact) mass is 455 g/mol. The van der Waals surface area contributed by atoms with Crippen LogP contribution in [0.2, 0.25) is 0 Å². The molecule has 2 unspecified atom stereocenters. The Morgan fingerprint density at radius 2 is 1.88 bits per heavy atom. The summed E-state index contributed by atoms with van der Waals surface area (Å²) in [5.41, 5.74) is 7.10. The summed E-state index contributed by atoms with van der Waals surface area (Å²) in [6.45, 7) is 3.31. The molecule has 2 fully saturated rings. The van der Waals surface area contributed by atoms with Crippen LogP contribution in [0, 0.1) is 11.7 Å². The van der Waals surface area contributed by atoms with Crippen LogP contribution >= 0.6 is 0 Å². The summed E-state index contributed by atoms with van der Waals surface area (Å²) in [4.78, 5) is 36.5. The molecule has 1 aromatic carbocycles. The van der Waals surface area contributed by atoms with Crippen LogP contribution in [0.5, 0.6) is 0 Å². The maximum absolute atomic E-state index is 14.3. The highest BCUT2D eigenvalue weighted by Gasteiger charge is 2.32. The van der Waals surface area contributed by atoms with E-state index in [4.69, 9.17) is 5.73 Å². The zero-order chi connectivity index (χ0) is 23.4. The van der Waals surface area contributed by atoms with Crippen molar-refractivity contribution in [3.63, 3.8) is 0 Å². The van der Waals surface area contributed by atoms with Crippen molar-refractivity contribution in [2.24, 2.45) is 11.7 Å². The zero-order valence-electron chi connectivity index (χ0n) is 18.8. The molecule has 1 saturated heterocycles. The number of halogens is 1. The van der Waals surface area contributed by atoms with E-state index in [0.717, 1.165) is 56.5 Å². The smallest absolute Gasteiger partial charge is 0.229 e. The first-order chi connectivity index (χ1) is 15.9. The lowest BCUT2D eigenvalue weighted by molar-refractivity contribution is -0.132. The Morgan fingerprint density at radius 3 is 2.58 bits per heavy atom. The van der Waals surface area contributed by atoms with E-state index in [1.165, 1.54) is 0 Å². The van der Waals surface area contributed by atoms with Gasteiger partial charge in [0.2, 0.25) is 17.8 Å². The third-order valence-corrected chi connectivity index (χ3v) is 6.37. The van der Waals surface area contributed by atoms with Gasteiger partial charge >= 0.3 is 0 Å². The second-order valence-electron chi connectivity index (χ2n) is 8.76. The van der Waals surface area contributed by atoms with Crippen LogP contribution in [0.15, 0.2) is 30.5 Å². The number of amides is 2. The Balaban J connectivity index is 1.36. The highest BCUT2D eigenvalue weighted by Crippen LogP contribution is 2.29. The van der Waals surface area contributed by atoms with E-state index in [2.05, 4.69) is 32.5 Å². The maximum Gasteiger partial charge on any atom is 0.229 e. The van der Waals surface area contributed by atoms with Gasteiger partial charge in [-0.25, -0.2) is 9.37 Å². The first-order valence-corrected chi connectivity index (χ1v) is 11.3. The lowest BCUT2D eigenvalue weighted by atomic mass is 10.0. The predicted molar refractivity (Wildman–Crippen MR) is 123 cm³/mol. The van der Waals surface area contributed by atoms with Crippen molar-refractivity contribution < 1.29 is 14.0 Å². The fourth-order valence-corrected chi connectivity index (χ4v) is 4.35. The van der Waals surface area contributed by atoms with E-state index in [9.17, 15) is 14.0 Å². The number of benzene rings is 1. The number of anilines is 3. The summed E-state index contributed by atoms with van der Waals surface area (Å²) < 4.78 is 14.3. The van der Waals surface area contributed by atoms with Crippen LogP contribution in [0.4, 0.5) is 21.8 Å². The average molecular weight is 456 g/mol. The number of carbonyl (C=O) groups excluding carboxylic acids is 2. The number of aromatic nitrogens is 2. The summed E-state index contributed by atoms with van der Waals surface area (Å²) in [6, 6.07) is 7.21. The Labute approximate surface area is 192 Å². The largest absolute Gasteiger partial charge is 0.369 e. The van der Waals surface area contributed by atoms with E-state index in [1.807, 2.05) is 29.2 Å². The van der Waals surface area contributed by atoms with Gasteiger partial charge in [-0.3, -0.25) is 9.59 Å². The Morgan fingerprint density at radius 1 is 1.15 bits per heavy atom. The van der Waals surface area contributed by atoms with Crippen LogP contribution in [-0.2, 0) is 16.0 Å². The molecule has 4 rings (SSSR count). The molecule has 2 aromatic rings. The maximum atomic E-state index is 14.3. The van der Waals surface area contributed by atoms with Crippen LogP contribution in [-0.4, -0.2) is 70.9 Å². The molecule has 2 atom stereocenters. The van der Waals surface area contributed by atoms with Crippen LogP contribution in [0.1, 0.15) is 24.8 Å². The standard InChI is InChI=1S/C23H30FN7O2/c1-30-9-11-31(12-10-30)20(32)13-15-5-7-16(8-6-15)27-23-26-14-18(24)22(29-23)28-19-4-2-3-17(19)21(25)33/h5-8,14,17,19H,2-4,9-13H2,1H3,(H2,25,33)(H2,26,27,28,29). The number of hydrogen-bond acceptors (Lipinski definition) is 7. The summed E-state index contributed by atoms with van der Waals surface area (Å²) in [5.74, 6) is -0.911. The summed E-state index contributed by atoms with van der Waals surface area (Å²) in [6.07, 6.45) is 3.72. The van der Waals surface area contributed by atoms with Gasteiger partial charge in [0.1, 0.15) is 0 Å². The van der Waals surface area contributed by atoms with Crippen molar-refractivity contribution in [2.75, 3.05) is 43.9 Å². The van der Waals surface area contributed by atoms with Gasteiger partial charge in [0, 0.05) is 37.9 Å². The molecule has 2 aliphatic rings. The van der Waals surface area contributed by atoms with Crippen molar-refractivity contribution in [3.05, 3.63) is 41.8 Å². The SMILES string of the molecule is CN1CCN(C(=O)Cc2ccc(Nc3ncc(F)c(NC4CCCC4C(N)=O)n3)cc2)CC1. The third-order valence-electron chi connectivity index (χ3n) is 6.37. The summed E-state index contributed by atoms with van der Waals surface area (Å²) in [5, 5.41) is 6.08. The van der Waals surface area contributed by atoms with E-state index in [0.29, 0.717) is 12.8 Å². The Kier molecular flexibility index (Phi) is 7.02. The number of nitrogens with one attached hydrogen (secondary N) is 2. The molecule has 1 saturated carbocycles. The fraction of sp³-hybridized carbons (Fsp3) is 0.478. The lowest BCUT2D eigenvalue weighted by Gasteiger charge is -2.32. The zero-order valence-corrected chi connectivity index (χ0v) is 18.8. The highest BCUT2D eigenvalue weighted by atomic mass is 19.1. The number of carbonyl (C=O) groups is 2. The molecule has 176 valence electrons. The molecule has 33 heavy (non-hydrogen) atoms. The molecule has 1 aliphatic heterocycles. The second kappa shape index (κ2) is 10.1. The van der Waals surface area contributed by atoms with Gasteiger partial charge < -0.3 is 26.2 Å². The lowest BCUT2D eigenvalue weighted by Crippen LogP contribution is -2.47. The highest BCUT2D eigenvalue weighted by molar-refractivity contribution is 5.79. The molecule has 10 heteroatoms. The number of hydrogen-bond donors (Lipinski definition) is 3. The van der Waals surface area contributed by atoms with E-state index in [-0.39, 0.29) is 35.5 Å². The molecule has 9 nitrogen and oxygen atoms in total. The number of primary amides is 1. The van der Waals surface area contributed by atoms with Crippen LogP contribution in [0.25, 0.3) is 0 Å². The molecule has 2 heterocycles. The first kappa shape index (κ1) is 22.9. The molecule has 2 amide bonds. The number of likely N-dealkylation sites (N-methyl/N-ethyl adjacent to an activating group) is 1. The summed E-state index contributed by atoms with van der Waals surface area (Å²) in [7, 11) is 2.06. The molecular formula is C23H30FN7O2. The van der Waals surface area contributed by atoms with Gasteiger partial charge in [0.05, 0.1) is 18.5 Å². The van der Waals surface area contributed by atoms with Gasteiger partial charge in [-0.1, -0.05) is 18.6 Å². The molecule has 0 bridgehead atoms. The minimum Gasteiger partial charge on any atom is -0.369 e. The van der Waals surface area contributed by atoms with Crippen LogP contribution < -0.4 is 16.4 Å². The van der Waals surface area contributed by atoms with Gasteiger partial charge in [0.15, 0.2) is 11.6 Å². The minimum atomic E-state index is -0.589. The fourth-order valence-electron chi connectivity index (χ4n) is 4.35. The second-order valence-corrected chi connectivity index (χ2v) is 8.76. The quantitative estimate of drug-likeness (QED) is 0.582. The predicted octanol–water partition coefficient (Wildman–Crippen LogP) is 1.74. The normalized spacial score (nSPS) is 21.1. The molecule has 0 spiro atoms. The van der Waals surface area contributed by atoms with E-state index < -0.39 is 5.82 Å². The molecular weight excluding hydrogens is 425 g/mol. The molecule has 4 N–H and O–H groups in total. The Hall–Kier alpha value is -3.27. The van der Waals surface area contributed by atoms with Gasteiger partial charge in [-0.2, -0.15) is 4.98 Å². The first-order valence-electron chi connectivity index (χ1n) is 11.3. The van der Waals surface area contributed by atoms with Crippen molar-refractivity contribution >= 4 is 29.3 Å².